The first-order valence-corrected chi connectivity index (χ1v) is 11.8. The van der Waals surface area contributed by atoms with Gasteiger partial charge in [-0.3, -0.25) is 9.36 Å². The Kier molecular flexibility index (Phi) is 7.29. The number of amides is 1. The molecule has 1 amide bonds. The van der Waals surface area contributed by atoms with Crippen LogP contribution in [0.5, 0.6) is 0 Å². The van der Waals surface area contributed by atoms with Crippen molar-refractivity contribution in [3.8, 4) is 11.4 Å². The van der Waals surface area contributed by atoms with Crippen molar-refractivity contribution in [1.82, 2.24) is 24.4 Å². The third kappa shape index (κ3) is 4.75. The molecule has 1 aromatic heterocycles. The first kappa shape index (κ1) is 22.5. The van der Waals surface area contributed by atoms with E-state index < -0.39 is 10.0 Å². The summed E-state index contributed by atoms with van der Waals surface area (Å²) in [5.41, 5.74) is 0.623. The van der Waals surface area contributed by atoms with Crippen LogP contribution in [0.3, 0.4) is 0 Å². The molecule has 1 aromatic carbocycles. The van der Waals surface area contributed by atoms with Crippen LogP contribution in [0.1, 0.15) is 6.92 Å². The summed E-state index contributed by atoms with van der Waals surface area (Å²) < 4.78 is 34.5. The number of nitrogens with one attached hydrogen (secondary N) is 1. The van der Waals surface area contributed by atoms with Gasteiger partial charge in [0.25, 0.3) is 0 Å². The second-order valence-electron chi connectivity index (χ2n) is 6.62. The van der Waals surface area contributed by atoms with E-state index in [0.717, 1.165) is 0 Å². The molecule has 30 heavy (non-hydrogen) atoms. The quantitative estimate of drug-likeness (QED) is 0.477. The lowest BCUT2D eigenvalue weighted by atomic mass is 10.2. The average Bonchev–Trinajstić information content (AvgIpc) is 3.16. The Balaban J connectivity index is 1.95. The van der Waals surface area contributed by atoms with Crippen molar-refractivity contribution in [2.75, 3.05) is 33.4 Å². The molecule has 11 heteroatoms. The zero-order chi connectivity index (χ0) is 21.7. The molecule has 1 aliphatic rings. The lowest BCUT2D eigenvalue weighted by molar-refractivity contribution is -0.119. The number of sulfonamides is 1. The Hall–Kier alpha value is -2.21. The number of carbonyl (C=O) groups excluding carboxylic acids is 1. The van der Waals surface area contributed by atoms with Crippen LogP contribution >= 0.6 is 11.8 Å². The van der Waals surface area contributed by atoms with Crippen molar-refractivity contribution >= 4 is 27.7 Å². The maximum atomic E-state index is 13.0. The molecule has 1 aliphatic heterocycles. The van der Waals surface area contributed by atoms with Gasteiger partial charge in [0.1, 0.15) is 0 Å². The Morgan fingerprint density at radius 3 is 2.77 bits per heavy atom. The van der Waals surface area contributed by atoms with Crippen LogP contribution in [0.15, 0.2) is 47.0 Å². The molecule has 1 unspecified atom stereocenters. The summed E-state index contributed by atoms with van der Waals surface area (Å²) >= 11 is 1.28. The van der Waals surface area contributed by atoms with Crippen LogP contribution in [0.25, 0.3) is 11.4 Å². The summed E-state index contributed by atoms with van der Waals surface area (Å²) in [6.45, 7) is 7.42. The number of rotatable bonds is 8. The zero-order valence-corrected chi connectivity index (χ0v) is 18.6. The number of morpholine rings is 1. The Morgan fingerprint density at radius 1 is 1.37 bits per heavy atom. The smallest absolute Gasteiger partial charge is 0.243 e. The number of benzene rings is 1. The molecule has 2 heterocycles. The minimum absolute atomic E-state index is 0.117. The average molecular weight is 452 g/mol. The van der Waals surface area contributed by atoms with Gasteiger partial charge >= 0.3 is 0 Å². The van der Waals surface area contributed by atoms with Crippen LogP contribution in [-0.2, 0) is 26.1 Å². The molecule has 1 saturated heterocycles. The molecular weight excluding hydrogens is 426 g/mol. The SMILES string of the molecule is C=CCn1c(SC(C)C(=O)NC)nnc1-c1cccc(S(=O)(=O)N2CCOCC2)c1. The van der Waals surface area contributed by atoms with E-state index in [-0.39, 0.29) is 16.1 Å². The zero-order valence-electron chi connectivity index (χ0n) is 16.9. The molecule has 0 bridgehead atoms. The van der Waals surface area contributed by atoms with E-state index in [9.17, 15) is 13.2 Å². The number of aromatic nitrogens is 3. The van der Waals surface area contributed by atoms with Gasteiger partial charge in [0, 0.05) is 32.2 Å². The van der Waals surface area contributed by atoms with Gasteiger partial charge < -0.3 is 10.1 Å². The molecule has 0 radical (unpaired) electrons. The predicted octanol–water partition coefficient (Wildman–Crippen LogP) is 1.38. The van der Waals surface area contributed by atoms with E-state index in [1.807, 2.05) is 4.57 Å². The molecule has 2 aromatic rings. The van der Waals surface area contributed by atoms with Gasteiger partial charge in [-0.2, -0.15) is 4.31 Å². The maximum Gasteiger partial charge on any atom is 0.243 e. The van der Waals surface area contributed by atoms with Crippen molar-refractivity contribution in [1.29, 1.82) is 0 Å². The second kappa shape index (κ2) is 9.73. The summed E-state index contributed by atoms with van der Waals surface area (Å²) in [4.78, 5) is 12.1. The number of ether oxygens (including phenoxy) is 1. The Labute approximate surface area is 180 Å². The van der Waals surface area contributed by atoms with Crippen LogP contribution in [-0.4, -0.2) is 72.0 Å². The fourth-order valence-electron chi connectivity index (χ4n) is 3.03. The molecule has 3 rings (SSSR count). The number of nitrogens with zero attached hydrogens (tertiary/aromatic N) is 4. The van der Waals surface area contributed by atoms with Crippen LogP contribution < -0.4 is 5.32 Å². The number of thioether (sulfide) groups is 1. The minimum atomic E-state index is -3.63. The largest absolute Gasteiger partial charge is 0.379 e. The molecule has 9 nitrogen and oxygen atoms in total. The molecule has 162 valence electrons. The monoisotopic (exact) mass is 451 g/mol. The summed E-state index contributed by atoms with van der Waals surface area (Å²) in [6.07, 6.45) is 1.70. The van der Waals surface area contributed by atoms with Crippen molar-refractivity contribution in [3.63, 3.8) is 0 Å². The van der Waals surface area contributed by atoms with E-state index in [1.54, 1.807) is 44.3 Å². The van der Waals surface area contributed by atoms with Gasteiger partial charge in [-0.1, -0.05) is 30.0 Å². The van der Waals surface area contributed by atoms with Crippen LogP contribution in [0, 0.1) is 0 Å². The van der Waals surface area contributed by atoms with Crippen molar-refractivity contribution in [2.45, 2.75) is 28.8 Å². The number of carbonyl (C=O) groups is 1. The van der Waals surface area contributed by atoms with Gasteiger partial charge in [-0.05, 0) is 19.1 Å². The van der Waals surface area contributed by atoms with Gasteiger partial charge in [-0.15, -0.1) is 16.8 Å². The highest BCUT2D eigenvalue weighted by molar-refractivity contribution is 8.00. The first-order chi connectivity index (χ1) is 14.4. The lowest BCUT2D eigenvalue weighted by Gasteiger charge is -2.26. The number of hydrogen-bond donors (Lipinski definition) is 1. The molecule has 0 aliphatic carbocycles. The van der Waals surface area contributed by atoms with E-state index in [2.05, 4.69) is 22.1 Å². The normalized spacial score (nSPS) is 16.2. The number of hydrogen-bond acceptors (Lipinski definition) is 7. The summed E-state index contributed by atoms with van der Waals surface area (Å²) in [5, 5.41) is 11.3. The fourth-order valence-corrected chi connectivity index (χ4v) is 5.40. The fraction of sp³-hybridized carbons (Fsp3) is 0.421. The van der Waals surface area contributed by atoms with Gasteiger partial charge in [0.05, 0.1) is 23.4 Å². The van der Waals surface area contributed by atoms with Crippen molar-refractivity contribution in [3.05, 3.63) is 36.9 Å². The van der Waals surface area contributed by atoms with Crippen molar-refractivity contribution < 1.29 is 17.9 Å². The Morgan fingerprint density at radius 2 is 2.10 bits per heavy atom. The molecule has 1 N–H and O–H groups in total. The summed E-state index contributed by atoms with van der Waals surface area (Å²) in [6, 6.07) is 6.66. The van der Waals surface area contributed by atoms with Gasteiger partial charge in [0.2, 0.25) is 15.9 Å². The van der Waals surface area contributed by atoms with E-state index >= 15 is 0 Å². The van der Waals surface area contributed by atoms with Crippen LogP contribution in [0.2, 0.25) is 0 Å². The highest BCUT2D eigenvalue weighted by Gasteiger charge is 2.27. The molecular formula is C19H25N5O4S2. The Bertz CT molecular complexity index is 1020. The second-order valence-corrected chi connectivity index (χ2v) is 9.87. The molecule has 1 atom stereocenters. The summed E-state index contributed by atoms with van der Waals surface area (Å²) in [5.74, 6) is 0.397. The number of allylic oxidation sites excluding steroid dienone is 1. The van der Waals surface area contributed by atoms with Crippen LogP contribution in [0.4, 0.5) is 0 Å². The van der Waals surface area contributed by atoms with Gasteiger partial charge in [-0.25, -0.2) is 8.42 Å². The van der Waals surface area contributed by atoms with E-state index in [1.165, 1.54) is 16.1 Å². The van der Waals surface area contributed by atoms with Crippen molar-refractivity contribution in [2.24, 2.45) is 0 Å². The third-order valence-corrected chi connectivity index (χ3v) is 7.60. The highest BCUT2D eigenvalue weighted by Crippen LogP contribution is 2.29. The standard InChI is InChI=1S/C19H25N5O4S2/c1-4-8-24-17(21-22-19(24)29-14(2)18(25)20-3)15-6-5-7-16(13-15)30(26,27)23-9-11-28-12-10-23/h4-7,13-14H,1,8-12H2,2-3H3,(H,20,25). The third-order valence-electron chi connectivity index (χ3n) is 4.63. The van der Waals surface area contributed by atoms with Gasteiger partial charge in [0.15, 0.2) is 11.0 Å². The minimum Gasteiger partial charge on any atom is -0.379 e. The lowest BCUT2D eigenvalue weighted by Crippen LogP contribution is -2.40. The molecule has 0 saturated carbocycles. The first-order valence-electron chi connectivity index (χ1n) is 9.49. The molecule has 0 spiro atoms. The topological polar surface area (TPSA) is 106 Å². The maximum absolute atomic E-state index is 13.0. The highest BCUT2D eigenvalue weighted by atomic mass is 32.2. The summed E-state index contributed by atoms with van der Waals surface area (Å²) in [7, 11) is -2.04. The predicted molar refractivity (Wildman–Crippen MR) is 115 cm³/mol. The van der Waals surface area contributed by atoms with E-state index in [4.69, 9.17) is 4.74 Å². The molecule has 1 fully saturated rings. The van der Waals surface area contributed by atoms with E-state index in [0.29, 0.717) is 49.4 Å².